The minimum atomic E-state index is 0.875. The highest BCUT2D eigenvalue weighted by Gasteiger charge is 2.25. The molecule has 0 atom stereocenters. The fourth-order valence-corrected chi connectivity index (χ4v) is 7.80. The van der Waals surface area contributed by atoms with Crippen LogP contribution in [0.4, 0.5) is 17.1 Å². The van der Waals surface area contributed by atoms with E-state index in [1.54, 1.807) is 0 Å². The van der Waals surface area contributed by atoms with E-state index in [0.29, 0.717) is 0 Å². The highest BCUT2D eigenvalue weighted by Crippen LogP contribution is 2.50. The quantitative estimate of drug-likeness (QED) is 0.175. The number of furan rings is 1. The Labute approximate surface area is 290 Å². The molecule has 0 radical (unpaired) electrons. The molecule has 2 nitrogen and oxygen atoms in total. The van der Waals surface area contributed by atoms with Crippen molar-refractivity contribution in [3.05, 3.63) is 188 Å². The van der Waals surface area contributed by atoms with Crippen molar-refractivity contribution in [1.29, 1.82) is 0 Å². The number of para-hydroxylation sites is 1. The number of hydrogen-bond acceptors (Lipinski definition) is 2. The largest absolute Gasteiger partial charge is 0.455 e. The van der Waals surface area contributed by atoms with E-state index in [0.717, 1.165) is 50.1 Å². The molecule has 10 aromatic rings. The van der Waals surface area contributed by atoms with Crippen molar-refractivity contribution in [1.82, 2.24) is 0 Å². The van der Waals surface area contributed by atoms with Crippen LogP contribution < -0.4 is 4.90 Å². The number of hydrogen-bond donors (Lipinski definition) is 0. The van der Waals surface area contributed by atoms with E-state index in [1.807, 2.05) is 0 Å². The molecule has 50 heavy (non-hydrogen) atoms. The van der Waals surface area contributed by atoms with Crippen LogP contribution in [0.5, 0.6) is 0 Å². The molecule has 0 bridgehead atoms. The molecule has 0 N–H and O–H groups in total. The lowest BCUT2D eigenvalue weighted by Gasteiger charge is -2.30. The van der Waals surface area contributed by atoms with Crippen LogP contribution in [0.2, 0.25) is 0 Å². The summed E-state index contributed by atoms with van der Waals surface area (Å²) in [6, 6.07) is 67.4. The van der Waals surface area contributed by atoms with E-state index in [1.165, 1.54) is 43.4 Å². The minimum Gasteiger partial charge on any atom is -0.455 e. The van der Waals surface area contributed by atoms with E-state index < -0.39 is 0 Å². The number of rotatable bonds is 5. The van der Waals surface area contributed by atoms with Crippen LogP contribution in [0.1, 0.15) is 0 Å². The number of anilines is 3. The van der Waals surface area contributed by atoms with Crippen molar-refractivity contribution in [3.8, 4) is 22.3 Å². The molecule has 1 aromatic heterocycles. The van der Waals surface area contributed by atoms with Gasteiger partial charge in [0.15, 0.2) is 0 Å². The van der Waals surface area contributed by atoms with Crippen LogP contribution in [0, 0.1) is 0 Å². The van der Waals surface area contributed by atoms with Crippen LogP contribution >= 0.6 is 0 Å². The summed E-state index contributed by atoms with van der Waals surface area (Å²) in [5, 5.41) is 9.44. The first kappa shape index (κ1) is 28.4. The molecule has 0 aliphatic heterocycles. The maximum atomic E-state index is 6.80. The van der Waals surface area contributed by atoms with Gasteiger partial charge in [0.25, 0.3) is 0 Å². The smallest absolute Gasteiger partial charge is 0.145 e. The topological polar surface area (TPSA) is 16.4 Å². The Balaban J connectivity index is 1.36. The van der Waals surface area contributed by atoms with Gasteiger partial charge in [0.05, 0.1) is 22.4 Å². The minimum absolute atomic E-state index is 0.875. The number of benzene rings is 9. The maximum absolute atomic E-state index is 6.80. The first-order chi connectivity index (χ1) is 24.8. The average molecular weight is 638 g/mol. The van der Waals surface area contributed by atoms with Crippen molar-refractivity contribution in [2.24, 2.45) is 0 Å². The zero-order chi connectivity index (χ0) is 33.0. The van der Waals surface area contributed by atoms with Gasteiger partial charge in [-0.15, -0.1) is 0 Å². The van der Waals surface area contributed by atoms with E-state index in [9.17, 15) is 0 Å². The lowest BCUT2D eigenvalue weighted by atomic mass is 9.94. The molecule has 1 heterocycles. The Morgan fingerprint density at radius 1 is 0.320 bits per heavy atom. The second-order valence-electron chi connectivity index (χ2n) is 12.8. The third-order valence-corrected chi connectivity index (χ3v) is 10.0. The molecule has 10 rings (SSSR count). The summed E-state index contributed by atoms with van der Waals surface area (Å²) in [5.41, 5.74) is 9.69. The molecule has 2 heteroatoms. The first-order valence-electron chi connectivity index (χ1n) is 17.1. The van der Waals surface area contributed by atoms with Crippen molar-refractivity contribution in [2.45, 2.75) is 0 Å². The third-order valence-electron chi connectivity index (χ3n) is 10.0. The molecule has 9 aromatic carbocycles. The fourth-order valence-electron chi connectivity index (χ4n) is 7.80. The summed E-state index contributed by atoms with van der Waals surface area (Å²) in [4.78, 5) is 2.48. The molecular weight excluding hydrogens is 607 g/mol. The van der Waals surface area contributed by atoms with Crippen LogP contribution in [0.25, 0.3) is 76.5 Å². The van der Waals surface area contributed by atoms with Crippen LogP contribution in [-0.2, 0) is 0 Å². The maximum Gasteiger partial charge on any atom is 0.145 e. The Kier molecular flexibility index (Phi) is 6.53. The second kappa shape index (κ2) is 11.5. The zero-order valence-electron chi connectivity index (χ0n) is 27.3. The zero-order valence-corrected chi connectivity index (χ0v) is 27.3. The molecule has 0 unspecified atom stereocenters. The summed E-state index contributed by atoms with van der Waals surface area (Å²) in [6.45, 7) is 0. The van der Waals surface area contributed by atoms with Crippen LogP contribution in [0.15, 0.2) is 192 Å². The standard InChI is InChI=1S/C48H31NO/c1-3-14-32(15-4-1)36-28-30-42(40-22-10-9-21-39(36)40)49(43-24-13-19-35-27-26-34-18-7-8-20-37(34)46(35)43)44-31-29-38(33-16-5-2-6-17-33)48-47(44)41-23-11-12-25-45(41)50-48/h1-31H. The summed E-state index contributed by atoms with van der Waals surface area (Å²) in [6.07, 6.45) is 0. The Morgan fingerprint density at radius 3 is 1.68 bits per heavy atom. The Morgan fingerprint density at radius 2 is 0.880 bits per heavy atom. The predicted octanol–water partition coefficient (Wildman–Crippen LogP) is 13.8. The molecule has 0 saturated carbocycles. The molecule has 0 aliphatic rings. The van der Waals surface area contributed by atoms with E-state index in [2.05, 4.69) is 193 Å². The first-order valence-corrected chi connectivity index (χ1v) is 17.1. The van der Waals surface area contributed by atoms with Gasteiger partial charge in [-0.3, -0.25) is 0 Å². The number of fused-ring (bicyclic) bond motifs is 7. The van der Waals surface area contributed by atoms with Gasteiger partial charge in [-0.25, -0.2) is 0 Å². The molecule has 0 aliphatic carbocycles. The van der Waals surface area contributed by atoms with Crippen molar-refractivity contribution in [2.75, 3.05) is 4.90 Å². The van der Waals surface area contributed by atoms with Crippen molar-refractivity contribution >= 4 is 71.3 Å². The Hall–Kier alpha value is -6.64. The number of nitrogens with zero attached hydrogens (tertiary/aromatic N) is 1. The molecule has 0 amide bonds. The molecule has 0 spiro atoms. The van der Waals surface area contributed by atoms with Gasteiger partial charge in [-0.2, -0.15) is 0 Å². The summed E-state index contributed by atoms with van der Waals surface area (Å²) < 4.78 is 6.80. The average Bonchev–Trinajstić information content (AvgIpc) is 3.59. The second-order valence-corrected chi connectivity index (χ2v) is 12.8. The van der Waals surface area contributed by atoms with Gasteiger partial charge in [-0.1, -0.05) is 158 Å². The monoisotopic (exact) mass is 637 g/mol. The summed E-state index contributed by atoms with van der Waals surface area (Å²) in [7, 11) is 0. The molecule has 0 fully saturated rings. The molecule has 0 saturated heterocycles. The van der Waals surface area contributed by atoms with Gasteiger partial charge in [0.1, 0.15) is 11.2 Å². The Bertz CT molecular complexity index is 2870. The van der Waals surface area contributed by atoms with Crippen LogP contribution in [0.3, 0.4) is 0 Å². The van der Waals surface area contributed by atoms with Crippen molar-refractivity contribution in [3.63, 3.8) is 0 Å². The van der Waals surface area contributed by atoms with E-state index in [-0.39, 0.29) is 0 Å². The lowest BCUT2D eigenvalue weighted by Crippen LogP contribution is -2.12. The summed E-state index contributed by atoms with van der Waals surface area (Å²) in [5.74, 6) is 0. The van der Waals surface area contributed by atoms with Gasteiger partial charge in [0.2, 0.25) is 0 Å². The molecule has 234 valence electrons. The van der Waals surface area contributed by atoms with Crippen LogP contribution in [-0.4, -0.2) is 0 Å². The van der Waals surface area contributed by atoms with Gasteiger partial charge in [-0.05, 0) is 68.6 Å². The highest BCUT2D eigenvalue weighted by molar-refractivity contribution is 6.22. The third kappa shape index (κ3) is 4.43. The van der Waals surface area contributed by atoms with Crippen molar-refractivity contribution < 1.29 is 4.42 Å². The molecular formula is C48H31NO. The summed E-state index contributed by atoms with van der Waals surface area (Å²) >= 11 is 0. The van der Waals surface area contributed by atoms with E-state index >= 15 is 0 Å². The fraction of sp³-hybridized carbons (Fsp3) is 0. The van der Waals surface area contributed by atoms with Gasteiger partial charge >= 0.3 is 0 Å². The normalized spacial score (nSPS) is 11.6. The highest BCUT2D eigenvalue weighted by atomic mass is 16.3. The lowest BCUT2D eigenvalue weighted by molar-refractivity contribution is 0.670. The van der Waals surface area contributed by atoms with E-state index in [4.69, 9.17) is 4.42 Å². The van der Waals surface area contributed by atoms with Gasteiger partial charge < -0.3 is 9.32 Å². The SMILES string of the molecule is c1ccc(-c2ccc(N(c3cccc4ccc5ccccc5c34)c3ccc(-c4ccccc4)c4oc5ccccc5c34)c3ccccc23)cc1. The van der Waals surface area contributed by atoms with Gasteiger partial charge in [0, 0.05) is 21.7 Å². The predicted molar refractivity (Wildman–Crippen MR) is 212 cm³/mol.